The van der Waals surface area contributed by atoms with E-state index in [1.165, 1.54) is 18.4 Å². The van der Waals surface area contributed by atoms with E-state index < -0.39 is 0 Å². The highest BCUT2D eigenvalue weighted by molar-refractivity contribution is 5.59. The van der Waals surface area contributed by atoms with Gasteiger partial charge in [-0.3, -0.25) is 4.90 Å². The van der Waals surface area contributed by atoms with Gasteiger partial charge < -0.3 is 10.5 Å². The van der Waals surface area contributed by atoms with Gasteiger partial charge >= 0.3 is 0 Å². The smallest absolute Gasteiger partial charge is 0.138 e. The van der Waals surface area contributed by atoms with Gasteiger partial charge in [-0.2, -0.15) is 0 Å². The second-order valence-corrected chi connectivity index (χ2v) is 6.03. The standard InChI is InChI=1S/C16H22N2O/c17-15-8-14(13-4-2-1-3-5-13)10-18(16(15)11-19)9-12-6-7-12/h1-5,11-12,14-16H,6-10,17H2. The van der Waals surface area contributed by atoms with Crippen molar-refractivity contribution in [3.63, 3.8) is 0 Å². The average molecular weight is 258 g/mol. The molecule has 1 heterocycles. The molecule has 1 aromatic carbocycles. The second kappa shape index (κ2) is 5.43. The Kier molecular flexibility index (Phi) is 3.67. The maximum Gasteiger partial charge on any atom is 0.138 e. The summed E-state index contributed by atoms with van der Waals surface area (Å²) in [5, 5.41) is 0. The zero-order valence-corrected chi connectivity index (χ0v) is 11.2. The van der Waals surface area contributed by atoms with Crippen LogP contribution < -0.4 is 5.73 Å². The van der Waals surface area contributed by atoms with Crippen molar-refractivity contribution >= 4 is 6.29 Å². The van der Waals surface area contributed by atoms with Crippen molar-refractivity contribution in [2.75, 3.05) is 13.1 Å². The number of carbonyl (C=O) groups is 1. The topological polar surface area (TPSA) is 46.3 Å². The Hall–Kier alpha value is -1.19. The Bertz CT molecular complexity index is 430. The van der Waals surface area contributed by atoms with E-state index in [1.807, 2.05) is 6.07 Å². The van der Waals surface area contributed by atoms with Crippen LogP contribution in [0, 0.1) is 5.92 Å². The van der Waals surface area contributed by atoms with Crippen molar-refractivity contribution in [1.82, 2.24) is 4.90 Å². The molecule has 2 N–H and O–H groups in total. The van der Waals surface area contributed by atoms with E-state index in [-0.39, 0.29) is 12.1 Å². The molecule has 3 atom stereocenters. The molecule has 1 aliphatic carbocycles. The second-order valence-electron chi connectivity index (χ2n) is 6.03. The summed E-state index contributed by atoms with van der Waals surface area (Å²) in [5.74, 6) is 1.26. The Balaban J connectivity index is 1.75. The highest BCUT2D eigenvalue weighted by Crippen LogP contribution is 2.34. The third kappa shape index (κ3) is 2.88. The third-order valence-corrected chi connectivity index (χ3v) is 4.47. The maximum atomic E-state index is 11.3. The average Bonchev–Trinajstić information content (AvgIpc) is 3.23. The van der Waals surface area contributed by atoms with Gasteiger partial charge in [0.25, 0.3) is 0 Å². The molecule has 0 bridgehead atoms. The number of nitrogens with two attached hydrogens (primary N) is 1. The fourth-order valence-corrected chi connectivity index (χ4v) is 3.20. The number of piperidine rings is 1. The van der Waals surface area contributed by atoms with Crippen LogP contribution in [0.4, 0.5) is 0 Å². The number of likely N-dealkylation sites (tertiary alicyclic amines) is 1. The molecule has 3 rings (SSSR count). The van der Waals surface area contributed by atoms with Gasteiger partial charge in [-0.15, -0.1) is 0 Å². The van der Waals surface area contributed by atoms with E-state index in [0.717, 1.165) is 31.7 Å². The van der Waals surface area contributed by atoms with E-state index in [9.17, 15) is 4.79 Å². The van der Waals surface area contributed by atoms with Crippen molar-refractivity contribution < 1.29 is 4.79 Å². The molecule has 19 heavy (non-hydrogen) atoms. The zero-order valence-electron chi connectivity index (χ0n) is 11.2. The first kappa shape index (κ1) is 12.8. The fraction of sp³-hybridized carbons (Fsp3) is 0.562. The van der Waals surface area contributed by atoms with Gasteiger partial charge in [0, 0.05) is 19.1 Å². The highest BCUT2D eigenvalue weighted by Gasteiger charge is 2.37. The van der Waals surface area contributed by atoms with Gasteiger partial charge in [0.15, 0.2) is 0 Å². The number of rotatable bonds is 4. The molecule has 3 heteroatoms. The minimum Gasteiger partial charge on any atom is -0.326 e. The van der Waals surface area contributed by atoms with Crippen LogP contribution in [0.1, 0.15) is 30.7 Å². The van der Waals surface area contributed by atoms with Crippen LogP contribution in [0.2, 0.25) is 0 Å². The number of carbonyl (C=O) groups excluding carboxylic acids is 1. The summed E-state index contributed by atoms with van der Waals surface area (Å²) in [6, 6.07) is 10.4. The van der Waals surface area contributed by atoms with Crippen molar-refractivity contribution in [2.45, 2.75) is 37.3 Å². The van der Waals surface area contributed by atoms with Crippen LogP contribution in [0.15, 0.2) is 30.3 Å². The minimum absolute atomic E-state index is 0.0322. The quantitative estimate of drug-likeness (QED) is 0.837. The molecular weight excluding hydrogens is 236 g/mol. The van der Waals surface area contributed by atoms with Gasteiger partial charge in [-0.25, -0.2) is 0 Å². The predicted molar refractivity (Wildman–Crippen MR) is 75.9 cm³/mol. The summed E-state index contributed by atoms with van der Waals surface area (Å²) >= 11 is 0. The number of nitrogens with zero attached hydrogens (tertiary/aromatic N) is 1. The van der Waals surface area contributed by atoms with E-state index in [4.69, 9.17) is 5.73 Å². The van der Waals surface area contributed by atoms with Crippen molar-refractivity contribution in [3.05, 3.63) is 35.9 Å². The normalized spacial score (nSPS) is 32.2. The lowest BCUT2D eigenvalue weighted by Gasteiger charge is -2.41. The van der Waals surface area contributed by atoms with Crippen molar-refractivity contribution in [3.8, 4) is 0 Å². The molecule has 102 valence electrons. The van der Waals surface area contributed by atoms with Crippen LogP contribution in [0.5, 0.6) is 0 Å². The first-order valence-electron chi connectivity index (χ1n) is 7.28. The molecule has 1 saturated heterocycles. The van der Waals surface area contributed by atoms with E-state index in [1.54, 1.807) is 0 Å². The lowest BCUT2D eigenvalue weighted by atomic mass is 9.84. The number of benzene rings is 1. The van der Waals surface area contributed by atoms with E-state index in [0.29, 0.717) is 5.92 Å². The Labute approximate surface area is 114 Å². The first-order valence-corrected chi connectivity index (χ1v) is 7.28. The maximum absolute atomic E-state index is 11.3. The van der Waals surface area contributed by atoms with Crippen LogP contribution in [-0.4, -0.2) is 36.4 Å². The summed E-state index contributed by atoms with van der Waals surface area (Å²) in [6.07, 6.45) is 4.59. The fourth-order valence-electron chi connectivity index (χ4n) is 3.20. The van der Waals surface area contributed by atoms with E-state index in [2.05, 4.69) is 29.2 Å². The van der Waals surface area contributed by atoms with Crippen LogP contribution in [-0.2, 0) is 4.79 Å². The summed E-state index contributed by atoms with van der Waals surface area (Å²) in [5.41, 5.74) is 7.58. The monoisotopic (exact) mass is 258 g/mol. The van der Waals surface area contributed by atoms with Crippen LogP contribution >= 0.6 is 0 Å². The summed E-state index contributed by atoms with van der Waals surface area (Å²) in [4.78, 5) is 13.6. The molecule has 3 nitrogen and oxygen atoms in total. The molecule has 0 spiro atoms. The van der Waals surface area contributed by atoms with Crippen LogP contribution in [0.25, 0.3) is 0 Å². The SMILES string of the molecule is NC1CC(c2ccccc2)CN(CC2CC2)C1C=O. The molecule has 1 aliphatic heterocycles. The Morgan fingerprint density at radius 2 is 2.00 bits per heavy atom. The molecule has 2 fully saturated rings. The van der Waals surface area contributed by atoms with E-state index >= 15 is 0 Å². The lowest BCUT2D eigenvalue weighted by Crippen LogP contribution is -2.55. The largest absolute Gasteiger partial charge is 0.326 e. The van der Waals surface area contributed by atoms with Crippen molar-refractivity contribution in [1.29, 1.82) is 0 Å². The van der Waals surface area contributed by atoms with Crippen LogP contribution in [0.3, 0.4) is 0 Å². The van der Waals surface area contributed by atoms with Gasteiger partial charge in [-0.05, 0) is 36.7 Å². The molecule has 1 aromatic rings. The lowest BCUT2D eigenvalue weighted by molar-refractivity contribution is -0.114. The molecule has 1 saturated carbocycles. The van der Waals surface area contributed by atoms with Crippen molar-refractivity contribution in [2.24, 2.45) is 11.7 Å². The minimum atomic E-state index is -0.0828. The third-order valence-electron chi connectivity index (χ3n) is 4.47. The molecule has 0 radical (unpaired) electrons. The Morgan fingerprint density at radius 3 is 2.63 bits per heavy atom. The molecular formula is C16H22N2O. The molecule has 2 aliphatic rings. The molecule has 3 unspecified atom stereocenters. The van der Waals surface area contributed by atoms with Gasteiger partial charge in [0.05, 0.1) is 6.04 Å². The summed E-state index contributed by atoms with van der Waals surface area (Å²) in [7, 11) is 0. The molecule has 0 amide bonds. The number of aldehydes is 1. The highest BCUT2D eigenvalue weighted by atomic mass is 16.1. The van der Waals surface area contributed by atoms with Gasteiger partial charge in [0.1, 0.15) is 6.29 Å². The Morgan fingerprint density at radius 1 is 1.26 bits per heavy atom. The van der Waals surface area contributed by atoms with Gasteiger partial charge in [-0.1, -0.05) is 30.3 Å². The number of hydrogen-bond donors (Lipinski definition) is 1. The predicted octanol–water partition coefficient (Wildman–Crippen LogP) is 1.78. The summed E-state index contributed by atoms with van der Waals surface area (Å²) in [6.45, 7) is 2.01. The summed E-state index contributed by atoms with van der Waals surface area (Å²) < 4.78 is 0. The zero-order chi connectivity index (χ0) is 13.2. The van der Waals surface area contributed by atoms with Gasteiger partial charge in [0.2, 0.25) is 0 Å². The number of hydrogen-bond acceptors (Lipinski definition) is 3. The molecule has 0 aromatic heterocycles. The first-order chi connectivity index (χ1) is 9.28.